The van der Waals surface area contributed by atoms with Gasteiger partial charge in [0, 0.05) is 18.8 Å². The first-order chi connectivity index (χ1) is 9.45. The Morgan fingerprint density at radius 2 is 1.33 bits per heavy atom. The minimum absolute atomic E-state index is 0.000463. The lowest BCUT2D eigenvalue weighted by Gasteiger charge is -2.26. The SMILES string of the molecule is CC(C)(C)c1cc(O)c(O)c(C(C)(C)C)c1.CCOCC. The van der Waals surface area contributed by atoms with E-state index in [9.17, 15) is 10.2 Å². The first-order valence-corrected chi connectivity index (χ1v) is 7.59. The fraction of sp³-hybridized carbons (Fsp3) is 0.667. The third-order valence-corrected chi connectivity index (χ3v) is 3.17. The van der Waals surface area contributed by atoms with Gasteiger partial charge in [0.2, 0.25) is 0 Å². The molecule has 1 aromatic rings. The normalized spacial score (nSPS) is 11.8. The van der Waals surface area contributed by atoms with Crippen molar-refractivity contribution in [3.05, 3.63) is 23.3 Å². The highest BCUT2D eigenvalue weighted by Crippen LogP contribution is 2.40. The van der Waals surface area contributed by atoms with Gasteiger partial charge in [-0.3, -0.25) is 0 Å². The molecule has 0 radical (unpaired) electrons. The van der Waals surface area contributed by atoms with Crippen molar-refractivity contribution in [2.24, 2.45) is 0 Å². The van der Waals surface area contributed by atoms with Crippen molar-refractivity contribution in [2.45, 2.75) is 66.2 Å². The van der Waals surface area contributed by atoms with E-state index in [1.165, 1.54) is 0 Å². The number of aromatic hydroxyl groups is 2. The van der Waals surface area contributed by atoms with E-state index in [1.54, 1.807) is 6.07 Å². The van der Waals surface area contributed by atoms with Gasteiger partial charge in [-0.25, -0.2) is 0 Å². The summed E-state index contributed by atoms with van der Waals surface area (Å²) in [6, 6.07) is 3.62. The standard InChI is InChI=1S/C14H22O2.C4H10O/c1-13(2,3)9-7-10(14(4,5)6)12(16)11(15)8-9;1-3-5-4-2/h7-8,15-16H,1-6H3;3-4H2,1-2H3. The summed E-state index contributed by atoms with van der Waals surface area (Å²) in [7, 11) is 0. The molecule has 0 aromatic heterocycles. The van der Waals surface area contributed by atoms with Crippen molar-refractivity contribution in [3.8, 4) is 11.5 Å². The Morgan fingerprint density at radius 3 is 1.62 bits per heavy atom. The number of benzene rings is 1. The van der Waals surface area contributed by atoms with Crippen LogP contribution in [0.25, 0.3) is 0 Å². The lowest BCUT2D eigenvalue weighted by molar-refractivity contribution is 0.162. The molecule has 0 unspecified atom stereocenters. The molecular weight excluding hydrogens is 264 g/mol. The van der Waals surface area contributed by atoms with Gasteiger partial charge < -0.3 is 14.9 Å². The minimum Gasteiger partial charge on any atom is -0.504 e. The van der Waals surface area contributed by atoms with Crippen LogP contribution < -0.4 is 0 Å². The fourth-order valence-corrected chi connectivity index (χ4v) is 1.83. The Balaban J connectivity index is 0.000000690. The van der Waals surface area contributed by atoms with Crippen LogP contribution in [0.5, 0.6) is 11.5 Å². The number of phenolic OH excluding ortho intramolecular Hbond substituents is 2. The van der Waals surface area contributed by atoms with Gasteiger partial charge in [-0.2, -0.15) is 0 Å². The topological polar surface area (TPSA) is 49.7 Å². The van der Waals surface area contributed by atoms with Crippen LogP contribution in [-0.2, 0) is 15.6 Å². The monoisotopic (exact) mass is 296 g/mol. The van der Waals surface area contributed by atoms with Gasteiger partial charge in [-0.05, 0) is 36.3 Å². The van der Waals surface area contributed by atoms with Crippen molar-refractivity contribution < 1.29 is 14.9 Å². The van der Waals surface area contributed by atoms with Crippen molar-refractivity contribution in [1.82, 2.24) is 0 Å². The van der Waals surface area contributed by atoms with Gasteiger partial charge in [-0.1, -0.05) is 47.6 Å². The quantitative estimate of drug-likeness (QED) is 0.775. The highest BCUT2D eigenvalue weighted by atomic mass is 16.5. The maximum absolute atomic E-state index is 9.87. The van der Waals surface area contributed by atoms with Crippen LogP contribution in [0.15, 0.2) is 12.1 Å². The van der Waals surface area contributed by atoms with Crippen LogP contribution in [-0.4, -0.2) is 23.4 Å². The molecule has 2 N–H and O–H groups in total. The lowest BCUT2D eigenvalue weighted by atomic mass is 9.80. The molecule has 0 atom stereocenters. The lowest BCUT2D eigenvalue weighted by Crippen LogP contribution is -2.16. The highest BCUT2D eigenvalue weighted by molar-refractivity contribution is 5.51. The minimum atomic E-state index is -0.178. The van der Waals surface area contributed by atoms with Crippen LogP contribution in [0, 0.1) is 0 Å². The molecule has 0 aliphatic rings. The summed E-state index contributed by atoms with van der Waals surface area (Å²) < 4.78 is 4.83. The van der Waals surface area contributed by atoms with Crippen LogP contribution in [0.4, 0.5) is 0 Å². The second-order valence-corrected chi connectivity index (χ2v) is 7.17. The van der Waals surface area contributed by atoms with E-state index in [-0.39, 0.29) is 22.3 Å². The smallest absolute Gasteiger partial charge is 0.161 e. The van der Waals surface area contributed by atoms with Crippen molar-refractivity contribution in [1.29, 1.82) is 0 Å². The Bertz CT molecular complexity index is 435. The molecule has 0 fully saturated rings. The molecule has 1 rings (SSSR count). The molecule has 0 bridgehead atoms. The number of hydrogen-bond acceptors (Lipinski definition) is 3. The Hall–Kier alpha value is -1.22. The van der Waals surface area contributed by atoms with E-state index < -0.39 is 0 Å². The number of phenols is 2. The molecule has 0 saturated heterocycles. The van der Waals surface area contributed by atoms with E-state index in [4.69, 9.17) is 4.74 Å². The second kappa shape index (κ2) is 7.69. The summed E-state index contributed by atoms with van der Waals surface area (Å²) in [5.41, 5.74) is 1.61. The number of rotatable bonds is 2. The molecule has 0 amide bonds. The summed E-state index contributed by atoms with van der Waals surface area (Å²) in [5, 5.41) is 19.6. The zero-order chi connectivity index (χ0) is 16.8. The van der Waals surface area contributed by atoms with Gasteiger partial charge in [0.15, 0.2) is 11.5 Å². The summed E-state index contributed by atoms with van der Waals surface area (Å²) in [4.78, 5) is 0. The van der Waals surface area contributed by atoms with E-state index in [2.05, 4.69) is 20.8 Å². The molecule has 3 nitrogen and oxygen atoms in total. The first-order valence-electron chi connectivity index (χ1n) is 7.59. The fourth-order valence-electron chi connectivity index (χ4n) is 1.83. The molecule has 0 spiro atoms. The molecule has 122 valence electrons. The summed E-state index contributed by atoms with van der Waals surface area (Å²) in [6.07, 6.45) is 0. The second-order valence-electron chi connectivity index (χ2n) is 7.17. The molecule has 3 heteroatoms. The molecule has 0 saturated carbocycles. The van der Waals surface area contributed by atoms with E-state index >= 15 is 0 Å². The zero-order valence-electron chi connectivity index (χ0n) is 14.9. The van der Waals surface area contributed by atoms with Crippen molar-refractivity contribution >= 4 is 0 Å². The Labute approximate surface area is 130 Å². The Morgan fingerprint density at radius 1 is 0.857 bits per heavy atom. The Kier molecular flexibility index (Phi) is 7.25. The molecule has 0 aliphatic heterocycles. The maximum Gasteiger partial charge on any atom is 0.161 e. The molecular formula is C18H32O3. The summed E-state index contributed by atoms with van der Waals surface area (Å²) >= 11 is 0. The van der Waals surface area contributed by atoms with Crippen LogP contribution in [0.2, 0.25) is 0 Å². The van der Waals surface area contributed by atoms with E-state index in [0.717, 1.165) is 24.3 Å². The van der Waals surface area contributed by atoms with Gasteiger partial charge in [0.25, 0.3) is 0 Å². The van der Waals surface area contributed by atoms with E-state index in [0.29, 0.717) is 0 Å². The van der Waals surface area contributed by atoms with E-state index in [1.807, 2.05) is 40.7 Å². The van der Waals surface area contributed by atoms with Gasteiger partial charge in [0.1, 0.15) is 0 Å². The van der Waals surface area contributed by atoms with Crippen molar-refractivity contribution in [3.63, 3.8) is 0 Å². The molecule has 21 heavy (non-hydrogen) atoms. The molecule has 0 heterocycles. The third-order valence-electron chi connectivity index (χ3n) is 3.17. The summed E-state index contributed by atoms with van der Waals surface area (Å²) in [6.45, 7) is 18.0. The van der Waals surface area contributed by atoms with Crippen LogP contribution in [0.3, 0.4) is 0 Å². The largest absolute Gasteiger partial charge is 0.504 e. The van der Waals surface area contributed by atoms with Gasteiger partial charge in [0.05, 0.1) is 0 Å². The number of hydrogen-bond donors (Lipinski definition) is 2. The van der Waals surface area contributed by atoms with Gasteiger partial charge >= 0.3 is 0 Å². The predicted octanol–water partition coefficient (Wildman–Crippen LogP) is 4.74. The maximum atomic E-state index is 9.87. The van der Waals surface area contributed by atoms with Crippen molar-refractivity contribution in [2.75, 3.05) is 13.2 Å². The molecule has 0 aliphatic carbocycles. The van der Waals surface area contributed by atoms with Crippen LogP contribution in [0.1, 0.15) is 66.5 Å². The molecule has 1 aromatic carbocycles. The highest BCUT2D eigenvalue weighted by Gasteiger charge is 2.24. The first kappa shape index (κ1) is 19.8. The average molecular weight is 296 g/mol. The third kappa shape index (κ3) is 6.38. The summed E-state index contributed by atoms with van der Waals surface area (Å²) in [5.74, 6) is -0.0298. The number of ether oxygens (including phenoxy) is 1. The zero-order valence-corrected chi connectivity index (χ0v) is 14.9. The average Bonchev–Trinajstić information content (AvgIpc) is 2.31. The predicted molar refractivity (Wildman–Crippen MR) is 89.3 cm³/mol. The van der Waals surface area contributed by atoms with Gasteiger partial charge in [-0.15, -0.1) is 0 Å². The van der Waals surface area contributed by atoms with Crippen LogP contribution >= 0.6 is 0 Å².